The van der Waals surface area contributed by atoms with Crippen LogP contribution in [-0.4, -0.2) is 37.5 Å². The normalized spacial score (nSPS) is 16.0. The lowest BCUT2D eigenvalue weighted by Gasteiger charge is -2.19. The van der Waals surface area contributed by atoms with Gasteiger partial charge >= 0.3 is 5.97 Å². The smallest absolute Gasteiger partial charge is 0.340 e. The highest BCUT2D eigenvalue weighted by Crippen LogP contribution is 2.28. The van der Waals surface area contributed by atoms with Crippen LogP contribution in [-0.2, 0) is 20.7 Å². The van der Waals surface area contributed by atoms with Crippen molar-refractivity contribution < 1.29 is 23.5 Å². The van der Waals surface area contributed by atoms with E-state index in [2.05, 4.69) is 5.32 Å². The van der Waals surface area contributed by atoms with Crippen LogP contribution in [0, 0.1) is 11.7 Å². The highest BCUT2D eigenvalue weighted by atomic mass is 19.1. The number of hydrogen-bond acceptors (Lipinski definition) is 4. The Bertz CT molecular complexity index is 898. The molecular formula is C22H23FN2O4. The second-order valence-electron chi connectivity index (χ2n) is 6.81. The van der Waals surface area contributed by atoms with Crippen LogP contribution in [0.1, 0.15) is 29.3 Å². The minimum atomic E-state index is -0.497. The highest BCUT2D eigenvalue weighted by molar-refractivity contribution is 6.05. The fourth-order valence-corrected chi connectivity index (χ4v) is 3.33. The van der Waals surface area contributed by atoms with Gasteiger partial charge in [0.05, 0.1) is 23.8 Å². The molecule has 2 amide bonds. The number of halogens is 1. The Hall–Kier alpha value is -3.22. The summed E-state index contributed by atoms with van der Waals surface area (Å²) in [6.45, 7) is 2.56. The molecule has 2 aromatic carbocycles. The van der Waals surface area contributed by atoms with Gasteiger partial charge in [0.2, 0.25) is 11.8 Å². The monoisotopic (exact) mass is 398 g/mol. The van der Waals surface area contributed by atoms with E-state index in [4.69, 9.17) is 4.74 Å². The van der Waals surface area contributed by atoms with Gasteiger partial charge in [0.25, 0.3) is 0 Å². The van der Waals surface area contributed by atoms with Crippen molar-refractivity contribution in [1.29, 1.82) is 0 Å². The Balaban J connectivity index is 1.60. The lowest BCUT2D eigenvalue weighted by molar-refractivity contribution is -0.126. The summed E-state index contributed by atoms with van der Waals surface area (Å²) in [4.78, 5) is 38.6. The topological polar surface area (TPSA) is 75.7 Å². The van der Waals surface area contributed by atoms with Crippen LogP contribution in [0.4, 0.5) is 10.1 Å². The van der Waals surface area contributed by atoms with Crippen molar-refractivity contribution in [2.75, 3.05) is 24.6 Å². The average Bonchev–Trinajstić information content (AvgIpc) is 3.11. The molecule has 1 saturated heterocycles. The van der Waals surface area contributed by atoms with Crippen molar-refractivity contribution in [2.45, 2.75) is 19.8 Å². The fourth-order valence-electron chi connectivity index (χ4n) is 3.33. The summed E-state index contributed by atoms with van der Waals surface area (Å²) in [5.74, 6) is -1.71. The van der Waals surface area contributed by atoms with Gasteiger partial charge in [0.1, 0.15) is 5.82 Å². The summed E-state index contributed by atoms with van der Waals surface area (Å²) in [5.41, 5.74) is 1.68. The molecule has 152 valence electrons. The maximum Gasteiger partial charge on any atom is 0.340 e. The molecule has 29 heavy (non-hydrogen) atoms. The number of benzene rings is 2. The predicted molar refractivity (Wildman–Crippen MR) is 106 cm³/mol. The van der Waals surface area contributed by atoms with Gasteiger partial charge in [0, 0.05) is 19.5 Å². The van der Waals surface area contributed by atoms with Crippen LogP contribution >= 0.6 is 0 Å². The number of amides is 2. The van der Waals surface area contributed by atoms with E-state index in [9.17, 15) is 18.8 Å². The van der Waals surface area contributed by atoms with Gasteiger partial charge in [-0.3, -0.25) is 9.59 Å². The third kappa shape index (κ3) is 4.99. The average molecular weight is 398 g/mol. The summed E-state index contributed by atoms with van der Waals surface area (Å²) in [7, 11) is 0. The van der Waals surface area contributed by atoms with Crippen molar-refractivity contribution >= 4 is 23.5 Å². The number of para-hydroxylation sites is 1. The summed E-state index contributed by atoms with van der Waals surface area (Å²) in [6.07, 6.45) is 0.654. The van der Waals surface area contributed by atoms with Crippen molar-refractivity contribution in [2.24, 2.45) is 5.92 Å². The summed E-state index contributed by atoms with van der Waals surface area (Å²) >= 11 is 0. The van der Waals surface area contributed by atoms with Crippen molar-refractivity contribution in [1.82, 2.24) is 5.32 Å². The number of rotatable bonds is 7. The molecule has 6 nitrogen and oxygen atoms in total. The molecule has 1 atom stereocenters. The first-order chi connectivity index (χ1) is 14.0. The fraction of sp³-hybridized carbons (Fsp3) is 0.318. The molecule has 0 saturated carbocycles. The van der Waals surface area contributed by atoms with Crippen molar-refractivity contribution in [3.05, 3.63) is 65.5 Å². The molecule has 0 aliphatic carbocycles. The zero-order chi connectivity index (χ0) is 20.8. The molecular weight excluding hydrogens is 375 g/mol. The van der Waals surface area contributed by atoms with E-state index in [-0.39, 0.29) is 37.2 Å². The first kappa shape index (κ1) is 20.5. The van der Waals surface area contributed by atoms with Crippen LogP contribution in [0.5, 0.6) is 0 Å². The van der Waals surface area contributed by atoms with Crippen LogP contribution in [0.15, 0.2) is 48.5 Å². The summed E-state index contributed by atoms with van der Waals surface area (Å²) < 4.78 is 18.0. The van der Waals surface area contributed by atoms with Gasteiger partial charge in [-0.15, -0.1) is 0 Å². The summed E-state index contributed by atoms with van der Waals surface area (Å²) in [6, 6.07) is 12.8. The van der Waals surface area contributed by atoms with Crippen LogP contribution in [0.25, 0.3) is 0 Å². The molecule has 1 aliphatic rings. The van der Waals surface area contributed by atoms with E-state index >= 15 is 0 Å². The van der Waals surface area contributed by atoms with Crippen molar-refractivity contribution in [3.8, 4) is 0 Å². The van der Waals surface area contributed by atoms with E-state index in [1.54, 1.807) is 43.3 Å². The number of nitrogens with one attached hydrogen (secondary N) is 1. The van der Waals surface area contributed by atoms with Crippen LogP contribution < -0.4 is 10.2 Å². The molecule has 0 radical (unpaired) electrons. The number of esters is 1. The minimum Gasteiger partial charge on any atom is -0.462 e. The summed E-state index contributed by atoms with van der Waals surface area (Å²) in [5, 5.41) is 2.83. The highest BCUT2D eigenvalue weighted by Gasteiger charge is 2.36. The van der Waals surface area contributed by atoms with E-state index in [0.717, 1.165) is 5.56 Å². The molecule has 7 heteroatoms. The van der Waals surface area contributed by atoms with Gasteiger partial charge in [0.15, 0.2) is 0 Å². The lowest BCUT2D eigenvalue weighted by atomic mass is 10.1. The molecule has 2 aromatic rings. The number of hydrogen-bond donors (Lipinski definition) is 1. The Morgan fingerprint density at radius 2 is 1.90 bits per heavy atom. The van der Waals surface area contributed by atoms with Crippen LogP contribution in [0.2, 0.25) is 0 Å². The van der Waals surface area contributed by atoms with Gasteiger partial charge in [-0.2, -0.15) is 0 Å². The molecule has 1 aliphatic heterocycles. The minimum absolute atomic E-state index is 0.0829. The second-order valence-corrected chi connectivity index (χ2v) is 6.81. The van der Waals surface area contributed by atoms with E-state index in [1.165, 1.54) is 17.0 Å². The first-order valence-corrected chi connectivity index (χ1v) is 9.58. The maximum absolute atomic E-state index is 12.9. The zero-order valence-corrected chi connectivity index (χ0v) is 16.2. The quantitative estimate of drug-likeness (QED) is 0.728. The van der Waals surface area contributed by atoms with Gasteiger partial charge < -0.3 is 15.0 Å². The molecule has 0 spiro atoms. The molecule has 3 rings (SSSR count). The number of ether oxygens (including phenoxy) is 1. The molecule has 0 aromatic heterocycles. The van der Waals surface area contributed by atoms with Gasteiger partial charge in [-0.25, -0.2) is 9.18 Å². The van der Waals surface area contributed by atoms with E-state index < -0.39 is 11.9 Å². The number of carbonyl (C=O) groups is 3. The third-order valence-corrected chi connectivity index (χ3v) is 4.81. The predicted octanol–water partition coefficient (Wildman–Crippen LogP) is 2.71. The van der Waals surface area contributed by atoms with Gasteiger partial charge in [-0.05, 0) is 43.2 Å². The molecule has 1 unspecified atom stereocenters. The Labute approximate surface area is 168 Å². The Morgan fingerprint density at radius 1 is 1.17 bits per heavy atom. The van der Waals surface area contributed by atoms with Crippen molar-refractivity contribution in [3.63, 3.8) is 0 Å². The molecule has 1 N–H and O–H groups in total. The van der Waals surface area contributed by atoms with Gasteiger partial charge in [-0.1, -0.05) is 24.3 Å². The molecule has 0 bridgehead atoms. The standard InChI is InChI=1S/C22H23FN2O4/c1-2-29-22(28)18-5-3-4-6-19(18)25-14-16(13-20(25)26)21(27)24-12-11-15-7-9-17(23)10-8-15/h3-10,16H,2,11-14H2,1H3,(H,24,27). The van der Waals surface area contributed by atoms with E-state index in [1.807, 2.05) is 0 Å². The number of nitrogens with zero attached hydrogens (tertiary/aromatic N) is 1. The third-order valence-electron chi connectivity index (χ3n) is 4.81. The largest absolute Gasteiger partial charge is 0.462 e. The lowest BCUT2D eigenvalue weighted by Crippen LogP contribution is -2.34. The zero-order valence-electron chi connectivity index (χ0n) is 16.2. The SMILES string of the molecule is CCOC(=O)c1ccccc1N1CC(C(=O)NCCc2ccc(F)cc2)CC1=O. The second kappa shape index (κ2) is 9.32. The Morgan fingerprint density at radius 3 is 2.62 bits per heavy atom. The van der Waals surface area contributed by atoms with Crippen LogP contribution in [0.3, 0.4) is 0 Å². The first-order valence-electron chi connectivity index (χ1n) is 9.58. The Kier molecular flexibility index (Phi) is 6.59. The number of carbonyl (C=O) groups excluding carboxylic acids is 3. The maximum atomic E-state index is 12.9. The molecule has 1 fully saturated rings. The molecule has 1 heterocycles. The van der Waals surface area contributed by atoms with E-state index in [0.29, 0.717) is 24.2 Å². The number of anilines is 1.